The van der Waals surface area contributed by atoms with Gasteiger partial charge >= 0.3 is 6.03 Å². The zero-order chi connectivity index (χ0) is 14.5. The molecule has 19 heavy (non-hydrogen) atoms. The van der Waals surface area contributed by atoms with Gasteiger partial charge in [-0.15, -0.1) is 0 Å². The van der Waals surface area contributed by atoms with Crippen LogP contribution in [0.3, 0.4) is 0 Å². The largest absolute Gasteiger partial charge is 0.393 e. The number of carbonyl (C=O) groups is 1. The maximum absolute atomic E-state index is 12.7. The smallest absolute Gasteiger partial charge is 0.319 e. The molecule has 0 fully saturated rings. The Hall–Kier alpha value is -1.62. The molecule has 4 nitrogen and oxygen atoms in total. The Kier molecular flexibility index (Phi) is 5.30. The molecule has 0 heterocycles. The van der Waals surface area contributed by atoms with Gasteiger partial charge in [-0.05, 0) is 36.1 Å². The molecule has 1 aromatic carbocycles. The highest BCUT2D eigenvalue weighted by atomic mass is 19.1. The van der Waals surface area contributed by atoms with Gasteiger partial charge in [-0.2, -0.15) is 0 Å². The van der Waals surface area contributed by atoms with Gasteiger partial charge in [0.2, 0.25) is 0 Å². The van der Waals surface area contributed by atoms with Crippen molar-refractivity contribution in [1.29, 1.82) is 0 Å². The second kappa shape index (κ2) is 6.52. The van der Waals surface area contributed by atoms with Gasteiger partial charge in [-0.1, -0.05) is 20.8 Å². The van der Waals surface area contributed by atoms with Crippen LogP contribution < -0.4 is 10.6 Å². The zero-order valence-corrected chi connectivity index (χ0v) is 11.5. The predicted molar refractivity (Wildman–Crippen MR) is 73.5 cm³/mol. The Balaban J connectivity index is 2.31. The Bertz CT molecular complexity index is 412. The number of hydrogen-bond acceptors (Lipinski definition) is 2. The quantitative estimate of drug-likeness (QED) is 0.786. The minimum Gasteiger partial charge on any atom is -0.393 e. The fraction of sp³-hybridized carbons (Fsp3) is 0.500. The number of aliphatic hydroxyl groups excluding tert-OH is 1. The van der Waals surface area contributed by atoms with Crippen molar-refractivity contribution in [3.63, 3.8) is 0 Å². The number of nitrogens with one attached hydrogen (secondary N) is 2. The second-order valence-corrected chi connectivity index (χ2v) is 5.56. The van der Waals surface area contributed by atoms with Gasteiger partial charge in [-0.25, -0.2) is 9.18 Å². The summed E-state index contributed by atoms with van der Waals surface area (Å²) < 4.78 is 12.7. The van der Waals surface area contributed by atoms with Crippen molar-refractivity contribution < 1.29 is 14.3 Å². The molecule has 106 valence electrons. The number of carbonyl (C=O) groups excluding carboxylic acids is 1. The van der Waals surface area contributed by atoms with Crippen LogP contribution in [0.5, 0.6) is 0 Å². The van der Waals surface area contributed by atoms with Gasteiger partial charge < -0.3 is 15.7 Å². The maximum atomic E-state index is 12.7. The number of aliphatic hydroxyl groups is 1. The third-order valence-electron chi connectivity index (χ3n) is 2.81. The summed E-state index contributed by atoms with van der Waals surface area (Å²) in [4.78, 5) is 11.5. The summed E-state index contributed by atoms with van der Waals surface area (Å²) in [5, 5.41) is 15.0. The van der Waals surface area contributed by atoms with Crippen molar-refractivity contribution in [1.82, 2.24) is 5.32 Å². The molecule has 0 bridgehead atoms. The van der Waals surface area contributed by atoms with Crippen molar-refractivity contribution in [2.75, 3.05) is 11.9 Å². The monoisotopic (exact) mass is 268 g/mol. The van der Waals surface area contributed by atoms with Crippen LogP contribution in [0.1, 0.15) is 27.2 Å². The lowest BCUT2D eigenvalue weighted by molar-refractivity contribution is 0.0565. The highest BCUT2D eigenvalue weighted by molar-refractivity contribution is 5.89. The number of amides is 2. The number of urea groups is 1. The molecule has 5 heteroatoms. The van der Waals surface area contributed by atoms with E-state index in [2.05, 4.69) is 10.6 Å². The Morgan fingerprint density at radius 2 is 1.89 bits per heavy atom. The molecule has 1 atom stereocenters. The molecule has 3 N–H and O–H groups in total. The average molecular weight is 268 g/mol. The summed E-state index contributed by atoms with van der Waals surface area (Å²) >= 11 is 0. The molecule has 0 saturated carbocycles. The molecule has 0 spiro atoms. The fourth-order valence-electron chi connectivity index (χ4n) is 1.46. The van der Waals surface area contributed by atoms with Crippen LogP contribution >= 0.6 is 0 Å². The van der Waals surface area contributed by atoms with E-state index in [1.54, 1.807) is 0 Å². The molecule has 1 unspecified atom stereocenters. The lowest BCUT2D eigenvalue weighted by Gasteiger charge is -2.25. The average Bonchev–Trinajstić information content (AvgIpc) is 2.31. The SMILES string of the molecule is CC(C)(C)C(O)CCNC(=O)Nc1ccc(F)cc1. The summed E-state index contributed by atoms with van der Waals surface area (Å²) in [6.45, 7) is 6.20. The molecule has 0 aliphatic carbocycles. The van der Waals surface area contributed by atoms with Crippen LogP contribution in [0.2, 0.25) is 0 Å². The lowest BCUT2D eigenvalue weighted by Crippen LogP contribution is -2.34. The molecular weight excluding hydrogens is 247 g/mol. The molecule has 0 radical (unpaired) electrons. The maximum Gasteiger partial charge on any atom is 0.319 e. The van der Waals surface area contributed by atoms with E-state index >= 15 is 0 Å². The zero-order valence-electron chi connectivity index (χ0n) is 11.5. The number of benzene rings is 1. The molecule has 1 aromatic rings. The number of halogens is 1. The van der Waals surface area contributed by atoms with Crippen LogP contribution in [0.25, 0.3) is 0 Å². The van der Waals surface area contributed by atoms with Crippen LogP contribution in [0.15, 0.2) is 24.3 Å². The summed E-state index contributed by atoms with van der Waals surface area (Å²) in [6, 6.07) is 5.16. The summed E-state index contributed by atoms with van der Waals surface area (Å²) in [7, 11) is 0. The summed E-state index contributed by atoms with van der Waals surface area (Å²) in [5.41, 5.74) is 0.324. The van der Waals surface area contributed by atoms with Crippen molar-refractivity contribution >= 4 is 11.7 Å². The molecule has 0 saturated heterocycles. The van der Waals surface area contributed by atoms with Crippen molar-refractivity contribution in [3.05, 3.63) is 30.1 Å². The lowest BCUT2D eigenvalue weighted by atomic mass is 9.87. The van der Waals surface area contributed by atoms with Gasteiger partial charge in [0.15, 0.2) is 0 Å². The Labute approximate surface area is 113 Å². The molecule has 0 aromatic heterocycles. The molecule has 1 rings (SSSR count). The first-order chi connectivity index (χ1) is 8.79. The van der Waals surface area contributed by atoms with E-state index in [0.717, 1.165) is 0 Å². The Morgan fingerprint density at radius 3 is 2.42 bits per heavy atom. The number of anilines is 1. The minimum absolute atomic E-state index is 0.199. The minimum atomic E-state index is -0.473. The third kappa shape index (κ3) is 5.70. The first-order valence-electron chi connectivity index (χ1n) is 6.27. The van der Waals surface area contributed by atoms with E-state index in [1.807, 2.05) is 20.8 Å². The van der Waals surface area contributed by atoms with Crippen molar-refractivity contribution in [2.45, 2.75) is 33.3 Å². The van der Waals surface area contributed by atoms with Crippen LogP contribution in [-0.2, 0) is 0 Å². The van der Waals surface area contributed by atoms with Gasteiger partial charge in [0.1, 0.15) is 5.82 Å². The molecule has 2 amide bonds. The Morgan fingerprint density at radius 1 is 1.32 bits per heavy atom. The van der Waals surface area contributed by atoms with Crippen LogP contribution in [-0.4, -0.2) is 23.8 Å². The van der Waals surface area contributed by atoms with Gasteiger partial charge in [0, 0.05) is 12.2 Å². The third-order valence-corrected chi connectivity index (χ3v) is 2.81. The first-order valence-corrected chi connectivity index (χ1v) is 6.27. The van der Waals surface area contributed by atoms with E-state index in [1.165, 1.54) is 24.3 Å². The molecule has 0 aliphatic rings. The number of rotatable bonds is 4. The summed E-state index contributed by atoms with van der Waals surface area (Å²) in [6.07, 6.45) is 0.0129. The van der Waals surface area contributed by atoms with E-state index in [0.29, 0.717) is 18.7 Å². The highest BCUT2D eigenvalue weighted by Crippen LogP contribution is 2.20. The van der Waals surface area contributed by atoms with E-state index < -0.39 is 6.10 Å². The number of hydrogen-bond donors (Lipinski definition) is 3. The second-order valence-electron chi connectivity index (χ2n) is 5.56. The fourth-order valence-corrected chi connectivity index (χ4v) is 1.46. The topological polar surface area (TPSA) is 61.4 Å². The van der Waals surface area contributed by atoms with E-state index in [-0.39, 0.29) is 17.3 Å². The van der Waals surface area contributed by atoms with Gasteiger partial charge in [0.05, 0.1) is 6.10 Å². The van der Waals surface area contributed by atoms with Crippen LogP contribution in [0.4, 0.5) is 14.9 Å². The first kappa shape index (κ1) is 15.4. The normalized spacial score (nSPS) is 12.9. The van der Waals surface area contributed by atoms with Gasteiger partial charge in [-0.3, -0.25) is 0 Å². The molecular formula is C14H21FN2O2. The standard InChI is InChI=1S/C14H21FN2O2/c1-14(2,3)12(18)8-9-16-13(19)17-11-6-4-10(15)5-7-11/h4-7,12,18H,8-9H2,1-3H3,(H2,16,17,19). The summed E-state index contributed by atoms with van der Waals surface area (Å²) in [5.74, 6) is -0.348. The predicted octanol–water partition coefficient (Wildman–Crippen LogP) is 2.74. The van der Waals surface area contributed by atoms with Crippen LogP contribution in [0, 0.1) is 11.2 Å². The van der Waals surface area contributed by atoms with Crippen molar-refractivity contribution in [2.24, 2.45) is 5.41 Å². The highest BCUT2D eigenvalue weighted by Gasteiger charge is 2.21. The van der Waals surface area contributed by atoms with Crippen molar-refractivity contribution in [3.8, 4) is 0 Å². The van der Waals surface area contributed by atoms with E-state index in [9.17, 15) is 14.3 Å². The van der Waals surface area contributed by atoms with Gasteiger partial charge in [0.25, 0.3) is 0 Å². The molecule has 0 aliphatic heterocycles. The van der Waals surface area contributed by atoms with E-state index in [4.69, 9.17) is 0 Å².